The number of likely N-dealkylation sites (N-methyl/N-ethyl adjacent to an activating group) is 1. The summed E-state index contributed by atoms with van der Waals surface area (Å²) in [7, 11) is 4.08. The number of nitrogens with one attached hydrogen (secondary N) is 1. The first kappa shape index (κ1) is 14.8. The highest BCUT2D eigenvalue weighted by Gasteiger charge is 2.36. The summed E-state index contributed by atoms with van der Waals surface area (Å²) >= 11 is 0. The zero-order valence-electron chi connectivity index (χ0n) is 11.5. The minimum absolute atomic E-state index is 0.0579. The largest absolute Gasteiger partial charge is 0.315 e. The van der Waals surface area contributed by atoms with Crippen molar-refractivity contribution < 1.29 is 8.78 Å². The second kappa shape index (κ2) is 5.61. The van der Waals surface area contributed by atoms with E-state index >= 15 is 0 Å². The molecule has 102 valence electrons. The van der Waals surface area contributed by atoms with E-state index in [9.17, 15) is 8.78 Å². The lowest BCUT2D eigenvalue weighted by Gasteiger charge is -2.34. The second-order valence-electron chi connectivity index (χ2n) is 6.16. The Labute approximate surface area is 104 Å². The lowest BCUT2D eigenvalue weighted by atomic mass is 9.86. The van der Waals surface area contributed by atoms with E-state index < -0.39 is 5.92 Å². The van der Waals surface area contributed by atoms with Crippen LogP contribution in [0.3, 0.4) is 0 Å². The van der Waals surface area contributed by atoms with Crippen LogP contribution in [0.1, 0.15) is 39.5 Å². The van der Waals surface area contributed by atoms with Crippen LogP contribution in [0.2, 0.25) is 0 Å². The summed E-state index contributed by atoms with van der Waals surface area (Å²) < 4.78 is 26.4. The molecular formula is C13H26F2N2. The Morgan fingerprint density at radius 3 is 2.53 bits per heavy atom. The summed E-state index contributed by atoms with van der Waals surface area (Å²) in [6.07, 6.45) is 1.73. The van der Waals surface area contributed by atoms with Gasteiger partial charge in [0.05, 0.1) is 0 Å². The first-order valence-electron chi connectivity index (χ1n) is 6.49. The van der Waals surface area contributed by atoms with Gasteiger partial charge in [-0.2, -0.15) is 0 Å². The molecule has 1 fully saturated rings. The lowest BCUT2D eigenvalue weighted by Crippen LogP contribution is -2.48. The van der Waals surface area contributed by atoms with Gasteiger partial charge in [0.15, 0.2) is 0 Å². The van der Waals surface area contributed by atoms with Crippen LogP contribution in [0, 0.1) is 5.92 Å². The maximum Gasteiger partial charge on any atom is 0.248 e. The maximum absolute atomic E-state index is 13.2. The maximum atomic E-state index is 13.2. The molecule has 0 saturated heterocycles. The molecule has 1 aliphatic carbocycles. The van der Waals surface area contributed by atoms with Gasteiger partial charge in [-0.15, -0.1) is 0 Å². The van der Waals surface area contributed by atoms with Crippen LogP contribution in [-0.4, -0.2) is 43.5 Å². The molecule has 1 atom stereocenters. The van der Waals surface area contributed by atoms with Crippen molar-refractivity contribution in [2.45, 2.75) is 51.0 Å². The topological polar surface area (TPSA) is 15.3 Å². The van der Waals surface area contributed by atoms with Crippen molar-refractivity contribution >= 4 is 0 Å². The van der Waals surface area contributed by atoms with E-state index in [-0.39, 0.29) is 24.3 Å². The third-order valence-electron chi connectivity index (χ3n) is 3.94. The lowest BCUT2D eigenvalue weighted by molar-refractivity contribution is -0.0522. The third kappa shape index (κ3) is 4.88. The molecule has 0 aromatic heterocycles. The predicted molar refractivity (Wildman–Crippen MR) is 67.5 cm³/mol. The summed E-state index contributed by atoms with van der Waals surface area (Å²) in [5.74, 6) is -2.29. The minimum atomic E-state index is -2.43. The molecule has 0 heterocycles. The van der Waals surface area contributed by atoms with Crippen LogP contribution in [0.4, 0.5) is 8.78 Å². The van der Waals surface area contributed by atoms with Crippen molar-refractivity contribution in [1.82, 2.24) is 10.2 Å². The van der Waals surface area contributed by atoms with Crippen LogP contribution < -0.4 is 5.32 Å². The Balaban J connectivity index is 2.27. The molecule has 0 aromatic rings. The van der Waals surface area contributed by atoms with Crippen molar-refractivity contribution in [2.24, 2.45) is 5.92 Å². The van der Waals surface area contributed by atoms with E-state index in [1.165, 1.54) is 0 Å². The summed E-state index contributed by atoms with van der Waals surface area (Å²) in [5.41, 5.74) is 0.0667. The van der Waals surface area contributed by atoms with E-state index in [4.69, 9.17) is 0 Å². The Hall–Kier alpha value is -0.220. The Morgan fingerprint density at radius 2 is 2.00 bits per heavy atom. The summed E-state index contributed by atoms with van der Waals surface area (Å²) in [5, 5.41) is 3.34. The average Bonchev–Trinajstić information content (AvgIpc) is 2.15. The van der Waals surface area contributed by atoms with Gasteiger partial charge in [-0.05, 0) is 53.2 Å². The first-order chi connectivity index (χ1) is 7.73. The van der Waals surface area contributed by atoms with Crippen molar-refractivity contribution in [3.63, 3.8) is 0 Å². The fourth-order valence-corrected chi connectivity index (χ4v) is 2.19. The van der Waals surface area contributed by atoms with Crippen molar-refractivity contribution in [1.29, 1.82) is 0 Å². The van der Waals surface area contributed by atoms with E-state index in [1.54, 1.807) is 0 Å². The van der Waals surface area contributed by atoms with Gasteiger partial charge in [-0.3, -0.25) is 0 Å². The van der Waals surface area contributed by atoms with Crippen LogP contribution >= 0.6 is 0 Å². The van der Waals surface area contributed by atoms with E-state index in [0.29, 0.717) is 13.0 Å². The predicted octanol–water partition coefficient (Wildman–Crippen LogP) is 2.74. The van der Waals surface area contributed by atoms with Crippen LogP contribution in [-0.2, 0) is 0 Å². The monoisotopic (exact) mass is 248 g/mol. The molecular weight excluding hydrogens is 222 g/mol. The third-order valence-corrected chi connectivity index (χ3v) is 3.94. The van der Waals surface area contributed by atoms with E-state index in [0.717, 1.165) is 13.0 Å². The van der Waals surface area contributed by atoms with Gasteiger partial charge < -0.3 is 10.2 Å². The number of hydrogen-bond donors (Lipinski definition) is 1. The Bertz CT molecular complexity index is 240. The summed E-state index contributed by atoms with van der Waals surface area (Å²) in [6, 6.07) is 0. The fraction of sp³-hybridized carbons (Fsp3) is 1.00. The highest BCUT2D eigenvalue weighted by atomic mass is 19.3. The molecule has 0 aliphatic heterocycles. The molecule has 1 rings (SSSR count). The van der Waals surface area contributed by atoms with Gasteiger partial charge in [0.2, 0.25) is 5.92 Å². The van der Waals surface area contributed by atoms with Crippen molar-refractivity contribution in [3.8, 4) is 0 Å². The molecule has 1 N–H and O–H groups in total. The van der Waals surface area contributed by atoms with Gasteiger partial charge in [0.25, 0.3) is 0 Å². The number of nitrogens with zero attached hydrogens (tertiary/aromatic N) is 1. The molecule has 0 spiro atoms. The van der Waals surface area contributed by atoms with Gasteiger partial charge in [0, 0.05) is 24.9 Å². The highest BCUT2D eigenvalue weighted by Crippen LogP contribution is 2.36. The standard InChI is InChI=1S/C13H26F2N2/c1-12(2,17(3)4)10-16-9-11-6-5-7-13(14,15)8-11/h11,16H,5-10H2,1-4H3. The molecule has 1 aliphatic rings. The Kier molecular flexibility index (Phi) is 4.90. The molecule has 0 amide bonds. The van der Waals surface area contributed by atoms with Crippen LogP contribution in [0.5, 0.6) is 0 Å². The van der Waals surface area contributed by atoms with Gasteiger partial charge in [0.1, 0.15) is 0 Å². The van der Waals surface area contributed by atoms with Crippen LogP contribution in [0.25, 0.3) is 0 Å². The highest BCUT2D eigenvalue weighted by molar-refractivity contribution is 4.83. The Morgan fingerprint density at radius 1 is 1.35 bits per heavy atom. The second-order valence-corrected chi connectivity index (χ2v) is 6.16. The molecule has 0 radical (unpaired) electrons. The molecule has 0 aromatic carbocycles. The normalized spacial score (nSPS) is 25.2. The smallest absolute Gasteiger partial charge is 0.248 e. The van der Waals surface area contributed by atoms with Gasteiger partial charge in [-0.1, -0.05) is 0 Å². The zero-order chi connectivity index (χ0) is 13.1. The van der Waals surface area contributed by atoms with E-state index in [1.807, 2.05) is 14.1 Å². The molecule has 1 saturated carbocycles. The summed E-state index contributed by atoms with van der Waals surface area (Å²) in [6.45, 7) is 5.85. The number of hydrogen-bond acceptors (Lipinski definition) is 2. The van der Waals surface area contributed by atoms with E-state index in [2.05, 4.69) is 24.1 Å². The van der Waals surface area contributed by atoms with Crippen molar-refractivity contribution in [3.05, 3.63) is 0 Å². The van der Waals surface area contributed by atoms with Gasteiger partial charge in [-0.25, -0.2) is 8.78 Å². The number of alkyl halides is 2. The fourth-order valence-electron chi connectivity index (χ4n) is 2.19. The first-order valence-corrected chi connectivity index (χ1v) is 6.49. The van der Waals surface area contributed by atoms with Crippen LogP contribution in [0.15, 0.2) is 0 Å². The van der Waals surface area contributed by atoms with Gasteiger partial charge >= 0.3 is 0 Å². The summed E-state index contributed by atoms with van der Waals surface area (Å²) in [4.78, 5) is 2.15. The average molecular weight is 248 g/mol. The molecule has 1 unspecified atom stereocenters. The number of rotatable bonds is 5. The minimum Gasteiger partial charge on any atom is -0.315 e. The molecule has 4 heteroatoms. The number of halogens is 2. The quantitative estimate of drug-likeness (QED) is 0.805. The molecule has 2 nitrogen and oxygen atoms in total. The zero-order valence-corrected chi connectivity index (χ0v) is 11.5. The van der Waals surface area contributed by atoms with Crippen molar-refractivity contribution in [2.75, 3.05) is 27.2 Å². The molecule has 0 bridgehead atoms. The molecule has 17 heavy (non-hydrogen) atoms. The SMILES string of the molecule is CN(C)C(C)(C)CNCC1CCCC(F)(F)C1.